The fraction of sp³-hybridized carbons (Fsp3) is 0. The SMILES string of the molecule is c1ccc(-c2ccc(-c3ccccc3)c(-c3ccc(-c4cccc5oc6c(ccc7c8ccccc8n(-c8ccccc8)c76)c45)c(-c4nc(-c5ccccc5)nc(-c5ccccc5)n4)c3)c2)cc1. The fourth-order valence-corrected chi connectivity index (χ4v) is 9.92. The van der Waals surface area contributed by atoms with Crippen LogP contribution in [0.1, 0.15) is 0 Å². The van der Waals surface area contributed by atoms with Gasteiger partial charge in [-0.3, -0.25) is 0 Å². The standard InChI is InChI=1S/C63H40N4O/c1-6-19-41(20-7-1)45-33-35-48(42-21-8-2-9-22-42)54(39-45)46-34-36-49(55(40-46)63-65-61(43-23-10-3-11-24-43)64-62(66-63)44-25-12-4-13-26-44)51-30-18-32-57-58(51)53-38-37-52-50-29-16-17-31-56(50)67(59(52)60(53)68-57)47-27-14-5-15-28-47/h1-40H. The highest BCUT2D eigenvalue weighted by molar-refractivity contribution is 6.24. The van der Waals surface area contributed by atoms with Crippen LogP contribution in [0.4, 0.5) is 0 Å². The topological polar surface area (TPSA) is 56.7 Å². The van der Waals surface area contributed by atoms with Crippen LogP contribution in [0.15, 0.2) is 247 Å². The van der Waals surface area contributed by atoms with Crippen molar-refractivity contribution in [1.82, 2.24) is 19.5 Å². The van der Waals surface area contributed by atoms with Gasteiger partial charge in [0, 0.05) is 43.9 Å². The second-order valence-electron chi connectivity index (χ2n) is 17.1. The largest absolute Gasteiger partial charge is 0.454 e. The van der Waals surface area contributed by atoms with E-state index in [2.05, 4.69) is 211 Å². The van der Waals surface area contributed by atoms with Crippen LogP contribution < -0.4 is 0 Å². The third kappa shape index (κ3) is 6.68. The fourth-order valence-electron chi connectivity index (χ4n) is 9.92. The Morgan fingerprint density at radius 1 is 0.309 bits per heavy atom. The van der Waals surface area contributed by atoms with Crippen molar-refractivity contribution in [3.63, 3.8) is 0 Å². The van der Waals surface area contributed by atoms with Gasteiger partial charge in [0.1, 0.15) is 5.58 Å². The summed E-state index contributed by atoms with van der Waals surface area (Å²) in [5.74, 6) is 1.78. The molecule has 0 aliphatic rings. The van der Waals surface area contributed by atoms with Gasteiger partial charge in [-0.25, -0.2) is 15.0 Å². The maximum atomic E-state index is 7.07. The normalized spacial score (nSPS) is 11.5. The van der Waals surface area contributed by atoms with E-state index in [-0.39, 0.29) is 0 Å². The maximum absolute atomic E-state index is 7.07. The van der Waals surface area contributed by atoms with Crippen molar-refractivity contribution in [3.05, 3.63) is 243 Å². The molecule has 318 valence electrons. The third-order valence-corrected chi connectivity index (χ3v) is 13.1. The van der Waals surface area contributed by atoms with Gasteiger partial charge in [0.05, 0.1) is 11.0 Å². The molecule has 0 amide bonds. The monoisotopic (exact) mass is 868 g/mol. The van der Waals surface area contributed by atoms with Gasteiger partial charge in [-0.1, -0.05) is 200 Å². The summed E-state index contributed by atoms with van der Waals surface area (Å²) in [6, 6.07) is 85.1. The number of nitrogens with zero attached hydrogens (tertiary/aromatic N) is 4. The molecule has 0 spiro atoms. The molecule has 5 nitrogen and oxygen atoms in total. The predicted octanol–water partition coefficient (Wildman–Crippen LogP) is 16.5. The van der Waals surface area contributed by atoms with Crippen molar-refractivity contribution in [2.45, 2.75) is 0 Å². The zero-order chi connectivity index (χ0) is 45.0. The Balaban J connectivity index is 1.11. The van der Waals surface area contributed by atoms with E-state index in [9.17, 15) is 0 Å². The molecular formula is C63H40N4O. The number of hydrogen-bond donors (Lipinski definition) is 0. The summed E-state index contributed by atoms with van der Waals surface area (Å²) in [6.45, 7) is 0. The molecule has 5 heteroatoms. The summed E-state index contributed by atoms with van der Waals surface area (Å²) in [5, 5.41) is 4.38. The minimum Gasteiger partial charge on any atom is -0.454 e. The van der Waals surface area contributed by atoms with Gasteiger partial charge in [-0.05, 0) is 87.0 Å². The van der Waals surface area contributed by atoms with E-state index in [1.165, 1.54) is 5.39 Å². The number of rotatable bonds is 8. The average molecular weight is 869 g/mol. The Morgan fingerprint density at radius 2 is 0.853 bits per heavy atom. The van der Waals surface area contributed by atoms with E-state index in [1.54, 1.807) is 0 Å². The van der Waals surface area contributed by atoms with Crippen molar-refractivity contribution in [2.75, 3.05) is 0 Å². The number of aromatic nitrogens is 4. The first-order chi connectivity index (χ1) is 33.7. The number of para-hydroxylation sites is 2. The lowest BCUT2D eigenvalue weighted by Gasteiger charge is -2.17. The Hall–Kier alpha value is -9.19. The molecule has 0 fully saturated rings. The van der Waals surface area contributed by atoms with Crippen LogP contribution >= 0.6 is 0 Å². The van der Waals surface area contributed by atoms with Crippen molar-refractivity contribution in [1.29, 1.82) is 0 Å². The molecule has 0 saturated heterocycles. The average Bonchev–Trinajstić information content (AvgIpc) is 3.98. The molecule has 0 radical (unpaired) electrons. The zero-order valence-corrected chi connectivity index (χ0v) is 36.8. The first kappa shape index (κ1) is 39.2. The molecule has 13 rings (SSSR count). The van der Waals surface area contributed by atoms with Crippen LogP contribution in [0.25, 0.3) is 128 Å². The molecule has 0 unspecified atom stereocenters. The van der Waals surface area contributed by atoms with E-state index in [4.69, 9.17) is 19.4 Å². The summed E-state index contributed by atoms with van der Waals surface area (Å²) in [5.41, 5.74) is 16.3. The molecule has 0 bridgehead atoms. The third-order valence-electron chi connectivity index (χ3n) is 13.1. The van der Waals surface area contributed by atoms with E-state index in [0.717, 1.165) is 105 Å². The summed E-state index contributed by atoms with van der Waals surface area (Å²) in [6.07, 6.45) is 0. The molecule has 0 saturated carbocycles. The van der Waals surface area contributed by atoms with Crippen molar-refractivity contribution in [2.24, 2.45) is 0 Å². The Labute approximate surface area is 392 Å². The quantitative estimate of drug-likeness (QED) is 0.153. The number of fused-ring (bicyclic) bond motifs is 7. The van der Waals surface area contributed by atoms with Crippen LogP contribution in [-0.4, -0.2) is 19.5 Å². The van der Waals surface area contributed by atoms with E-state index < -0.39 is 0 Å². The van der Waals surface area contributed by atoms with Crippen molar-refractivity contribution in [3.8, 4) is 84.4 Å². The van der Waals surface area contributed by atoms with E-state index in [1.807, 2.05) is 36.4 Å². The zero-order valence-electron chi connectivity index (χ0n) is 36.8. The smallest absolute Gasteiger partial charge is 0.164 e. The molecule has 68 heavy (non-hydrogen) atoms. The minimum atomic E-state index is 0.575. The summed E-state index contributed by atoms with van der Waals surface area (Å²) in [7, 11) is 0. The number of furan rings is 1. The molecule has 13 aromatic rings. The minimum absolute atomic E-state index is 0.575. The van der Waals surface area contributed by atoms with Crippen LogP contribution in [0.3, 0.4) is 0 Å². The summed E-state index contributed by atoms with van der Waals surface area (Å²) in [4.78, 5) is 15.8. The predicted molar refractivity (Wildman–Crippen MR) is 279 cm³/mol. The highest BCUT2D eigenvalue weighted by Gasteiger charge is 2.24. The molecular weight excluding hydrogens is 829 g/mol. The van der Waals surface area contributed by atoms with Crippen LogP contribution in [0, 0.1) is 0 Å². The van der Waals surface area contributed by atoms with Gasteiger partial charge < -0.3 is 8.98 Å². The maximum Gasteiger partial charge on any atom is 0.164 e. The lowest BCUT2D eigenvalue weighted by Crippen LogP contribution is -2.01. The lowest BCUT2D eigenvalue weighted by atomic mass is 9.88. The Morgan fingerprint density at radius 3 is 1.54 bits per heavy atom. The van der Waals surface area contributed by atoms with Gasteiger partial charge in [0.25, 0.3) is 0 Å². The van der Waals surface area contributed by atoms with Crippen molar-refractivity contribution >= 4 is 43.7 Å². The summed E-state index contributed by atoms with van der Waals surface area (Å²) >= 11 is 0. The van der Waals surface area contributed by atoms with Gasteiger partial charge in [-0.2, -0.15) is 0 Å². The molecule has 0 atom stereocenters. The van der Waals surface area contributed by atoms with Crippen LogP contribution in [-0.2, 0) is 0 Å². The Bertz CT molecular complexity index is 3940. The molecule has 0 aliphatic carbocycles. The van der Waals surface area contributed by atoms with E-state index >= 15 is 0 Å². The molecule has 0 aliphatic heterocycles. The Kier molecular flexibility index (Phi) is 9.43. The highest BCUT2D eigenvalue weighted by atomic mass is 16.3. The van der Waals surface area contributed by atoms with Gasteiger partial charge in [0.2, 0.25) is 0 Å². The second kappa shape index (κ2) is 16.4. The number of benzene rings is 10. The first-order valence-corrected chi connectivity index (χ1v) is 22.9. The molecule has 3 aromatic heterocycles. The van der Waals surface area contributed by atoms with Crippen LogP contribution in [0.5, 0.6) is 0 Å². The van der Waals surface area contributed by atoms with Crippen molar-refractivity contribution < 1.29 is 4.42 Å². The number of hydrogen-bond acceptors (Lipinski definition) is 4. The molecule has 3 heterocycles. The van der Waals surface area contributed by atoms with Crippen LogP contribution in [0.2, 0.25) is 0 Å². The molecule has 10 aromatic carbocycles. The van der Waals surface area contributed by atoms with Gasteiger partial charge in [0.15, 0.2) is 23.1 Å². The first-order valence-electron chi connectivity index (χ1n) is 22.9. The van der Waals surface area contributed by atoms with Gasteiger partial charge in [-0.15, -0.1) is 0 Å². The van der Waals surface area contributed by atoms with Gasteiger partial charge >= 0.3 is 0 Å². The summed E-state index contributed by atoms with van der Waals surface area (Å²) < 4.78 is 9.41. The lowest BCUT2D eigenvalue weighted by molar-refractivity contribution is 0.671. The van der Waals surface area contributed by atoms with E-state index in [0.29, 0.717) is 17.5 Å². The second-order valence-corrected chi connectivity index (χ2v) is 17.1. The molecule has 0 N–H and O–H groups in total. The highest BCUT2D eigenvalue weighted by Crippen LogP contribution is 2.46.